The highest BCUT2D eigenvalue weighted by Crippen LogP contribution is 2.14. The summed E-state index contributed by atoms with van der Waals surface area (Å²) in [6.45, 7) is 0. The summed E-state index contributed by atoms with van der Waals surface area (Å²) in [5, 5.41) is 0.502. The molecule has 98 valence electrons. The number of hydrogen-bond donors (Lipinski definition) is 1. The first-order valence-corrected chi connectivity index (χ1v) is 6.88. The van der Waals surface area contributed by atoms with Crippen LogP contribution < -0.4 is 0 Å². The number of aromatic nitrogens is 3. The number of rotatable bonds is 3. The molecule has 0 saturated carbocycles. The highest BCUT2D eigenvalue weighted by atomic mass is 35.5. The number of para-hydroxylation sites is 2. The highest BCUT2D eigenvalue weighted by Gasteiger charge is 2.10. The van der Waals surface area contributed by atoms with Gasteiger partial charge in [-0.3, -0.25) is 9.19 Å². The van der Waals surface area contributed by atoms with Crippen molar-refractivity contribution in [2.24, 2.45) is 0 Å². The molecule has 1 unspecified atom stereocenters. The average molecular weight is 294 g/mol. The van der Waals surface area contributed by atoms with Gasteiger partial charge in [-0.05, 0) is 24.3 Å². The smallest absolute Gasteiger partial charge is 0.197 e. The van der Waals surface area contributed by atoms with Crippen molar-refractivity contribution in [3.05, 3.63) is 54.4 Å². The molecule has 2 aromatic heterocycles. The molecule has 0 spiro atoms. The average Bonchev–Trinajstić information content (AvgIpc) is 2.84. The first kappa shape index (κ1) is 13.7. The van der Waals surface area contributed by atoms with Crippen LogP contribution in [0.5, 0.6) is 0 Å². The second kappa shape index (κ2) is 5.95. The fraction of sp³-hybridized carbons (Fsp3) is 0.0769. The van der Waals surface area contributed by atoms with E-state index in [0.717, 1.165) is 16.7 Å². The number of nitrogens with one attached hydrogen (secondary N) is 1. The SMILES string of the molecule is Cl.O=S(Cc1ccccn1)c1nc2ccccc2[nH]1. The zero-order valence-corrected chi connectivity index (χ0v) is 11.6. The molecule has 19 heavy (non-hydrogen) atoms. The molecule has 4 nitrogen and oxygen atoms in total. The van der Waals surface area contributed by atoms with Gasteiger partial charge in [-0.25, -0.2) is 4.98 Å². The van der Waals surface area contributed by atoms with Crippen LogP contribution in [0.1, 0.15) is 5.69 Å². The van der Waals surface area contributed by atoms with Gasteiger partial charge < -0.3 is 4.98 Å². The van der Waals surface area contributed by atoms with Crippen molar-refractivity contribution in [3.8, 4) is 0 Å². The maximum atomic E-state index is 12.2. The summed E-state index contributed by atoms with van der Waals surface area (Å²) >= 11 is 0. The Morgan fingerprint density at radius 3 is 2.63 bits per heavy atom. The predicted molar refractivity (Wildman–Crippen MR) is 77.7 cm³/mol. The van der Waals surface area contributed by atoms with Crippen LogP contribution in [0, 0.1) is 0 Å². The van der Waals surface area contributed by atoms with E-state index in [-0.39, 0.29) is 12.4 Å². The quantitative estimate of drug-likeness (QED) is 0.808. The van der Waals surface area contributed by atoms with Crippen LogP contribution in [0.3, 0.4) is 0 Å². The predicted octanol–water partition coefficient (Wildman–Crippen LogP) is 2.69. The molecule has 1 aromatic carbocycles. The Morgan fingerprint density at radius 1 is 1.11 bits per heavy atom. The second-order valence-electron chi connectivity index (χ2n) is 3.87. The molecule has 1 N–H and O–H groups in total. The van der Waals surface area contributed by atoms with E-state index in [4.69, 9.17) is 0 Å². The Labute approximate surface area is 119 Å². The van der Waals surface area contributed by atoms with Gasteiger partial charge in [0.05, 0.1) is 33.3 Å². The maximum Gasteiger partial charge on any atom is 0.197 e. The molecule has 0 fully saturated rings. The molecule has 0 aliphatic carbocycles. The number of pyridine rings is 1. The zero-order chi connectivity index (χ0) is 12.4. The lowest BCUT2D eigenvalue weighted by atomic mass is 10.3. The number of nitrogens with zero attached hydrogens (tertiary/aromatic N) is 2. The van der Waals surface area contributed by atoms with Crippen LogP contribution in [-0.4, -0.2) is 19.2 Å². The zero-order valence-electron chi connectivity index (χ0n) is 9.95. The topological polar surface area (TPSA) is 58.6 Å². The Bertz CT molecular complexity index is 666. The molecule has 0 aliphatic heterocycles. The summed E-state index contributed by atoms with van der Waals surface area (Å²) in [6.07, 6.45) is 1.70. The maximum absolute atomic E-state index is 12.2. The number of benzene rings is 1. The molecular formula is C13H12ClN3OS. The van der Waals surface area contributed by atoms with Gasteiger partial charge in [0.1, 0.15) is 0 Å². The lowest BCUT2D eigenvalue weighted by Gasteiger charge is -1.97. The third-order valence-corrected chi connectivity index (χ3v) is 3.77. The van der Waals surface area contributed by atoms with Crippen LogP contribution in [0.25, 0.3) is 11.0 Å². The van der Waals surface area contributed by atoms with Gasteiger partial charge in [0.2, 0.25) is 0 Å². The van der Waals surface area contributed by atoms with E-state index in [2.05, 4.69) is 15.0 Å². The number of hydrogen-bond acceptors (Lipinski definition) is 3. The van der Waals surface area contributed by atoms with Gasteiger partial charge in [0, 0.05) is 6.20 Å². The van der Waals surface area contributed by atoms with E-state index in [1.54, 1.807) is 6.20 Å². The lowest BCUT2D eigenvalue weighted by Crippen LogP contribution is -1.99. The van der Waals surface area contributed by atoms with Gasteiger partial charge in [-0.15, -0.1) is 12.4 Å². The van der Waals surface area contributed by atoms with E-state index in [0.29, 0.717) is 10.9 Å². The fourth-order valence-electron chi connectivity index (χ4n) is 1.72. The molecule has 3 rings (SSSR count). The van der Waals surface area contributed by atoms with Crippen molar-refractivity contribution in [2.45, 2.75) is 10.9 Å². The number of H-pyrrole nitrogens is 1. The second-order valence-corrected chi connectivity index (χ2v) is 5.24. The van der Waals surface area contributed by atoms with E-state index < -0.39 is 10.8 Å². The first-order chi connectivity index (χ1) is 8.83. The Balaban J connectivity index is 0.00000133. The fourth-order valence-corrected chi connectivity index (χ4v) is 2.72. The van der Waals surface area contributed by atoms with E-state index in [1.165, 1.54) is 0 Å². The van der Waals surface area contributed by atoms with Crippen LogP contribution in [0.2, 0.25) is 0 Å². The summed E-state index contributed by atoms with van der Waals surface area (Å²) in [5.41, 5.74) is 2.54. The number of fused-ring (bicyclic) bond motifs is 1. The molecule has 0 saturated heterocycles. The van der Waals surface area contributed by atoms with Gasteiger partial charge in [-0.1, -0.05) is 18.2 Å². The minimum absolute atomic E-state index is 0. The minimum Gasteiger partial charge on any atom is -0.331 e. The highest BCUT2D eigenvalue weighted by molar-refractivity contribution is 7.84. The molecule has 0 aliphatic rings. The van der Waals surface area contributed by atoms with E-state index >= 15 is 0 Å². The Morgan fingerprint density at radius 2 is 1.89 bits per heavy atom. The third-order valence-electron chi connectivity index (χ3n) is 2.59. The van der Waals surface area contributed by atoms with Crippen molar-refractivity contribution < 1.29 is 4.21 Å². The third kappa shape index (κ3) is 3.00. The van der Waals surface area contributed by atoms with Crippen molar-refractivity contribution in [2.75, 3.05) is 0 Å². The van der Waals surface area contributed by atoms with Gasteiger partial charge in [-0.2, -0.15) is 0 Å². The monoisotopic (exact) mass is 293 g/mol. The first-order valence-electron chi connectivity index (χ1n) is 5.56. The standard InChI is InChI=1S/C13H11N3OS.ClH/c17-18(9-10-5-3-4-8-14-10)13-15-11-6-1-2-7-12(11)16-13;/h1-8H,9H2,(H,15,16);1H. The van der Waals surface area contributed by atoms with Crippen molar-refractivity contribution in [3.63, 3.8) is 0 Å². The molecule has 0 amide bonds. The van der Waals surface area contributed by atoms with Crippen molar-refractivity contribution >= 4 is 34.2 Å². The summed E-state index contributed by atoms with van der Waals surface area (Å²) in [5.74, 6) is 0.376. The summed E-state index contributed by atoms with van der Waals surface area (Å²) in [7, 11) is -1.20. The van der Waals surface area contributed by atoms with Gasteiger partial charge in [0.15, 0.2) is 5.16 Å². The molecule has 0 bridgehead atoms. The van der Waals surface area contributed by atoms with Crippen LogP contribution in [0.15, 0.2) is 53.8 Å². The molecule has 0 radical (unpaired) electrons. The number of halogens is 1. The Kier molecular flexibility index (Phi) is 4.29. The van der Waals surface area contributed by atoms with E-state index in [1.807, 2.05) is 42.5 Å². The van der Waals surface area contributed by atoms with E-state index in [9.17, 15) is 4.21 Å². The molecule has 2 heterocycles. The van der Waals surface area contributed by atoms with Crippen molar-refractivity contribution in [1.82, 2.24) is 15.0 Å². The van der Waals surface area contributed by atoms with Gasteiger partial charge >= 0.3 is 0 Å². The largest absolute Gasteiger partial charge is 0.331 e. The molecule has 1 atom stereocenters. The van der Waals surface area contributed by atoms with Crippen LogP contribution in [0.4, 0.5) is 0 Å². The number of imidazole rings is 1. The Hall–Kier alpha value is -1.72. The molecule has 6 heteroatoms. The van der Waals surface area contributed by atoms with Crippen LogP contribution >= 0.6 is 12.4 Å². The molecular weight excluding hydrogens is 282 g/mol. The summed E-state index contributed by atoms with van der Waals surface area (Å²) in [4.78, 5) is 11.6. The summed E-state index contributed by atoms with van der Waals surface area (Å²) < 4.78 is 12.2. The van der Waals surface area contributed by atoms with Crippen molar-refractivity contribution in [1.29, 1.82) is 0 Å². The summed E-state index contributed by atoms with van der Waals surface area (Å²) in [6, 6.07) is 13.2. The molecule has 3 aromatic rings. The lowest BCUT2D eigenvalue weighted by molar-refractivity contribution is 0.677. The van der Waals surface area contributed by atoms with Gasteiger partial charge in [0.25, 0.3) is 0 Å². The normalized spacial score (nSPS) is 12.0. The number of aromatic amines is 1. The minimum atomic E-state index is -1.20. The van der Waals surface area contributed by atoms with Crippen LogP contribution in [-0.2, 0) is 16.6 Å².